The van der Waals surface area contributed by atoms with E-state index in [0.717, 1.165) is 6.20 Å². The van der Waals surface area contributed by atoms with E-state index in [-0.39, 0.29) is 17.1 Å². The highest BCUT2D eigenvalue weighted by Crippen LogP contribution is 2.28. The van der Waals surface area contributed by atoms with Crippen molar-refractivity contribution in [2.75, 3.05) is 5.32 Å². The van der Waals surface area contributed by atoms with Crippen LogP contribution in [0.3, 0.4) is 0 Å². The number of hydrogen-bond acceptors (Lipinski definition) is 4. The van der Waals surface area contributed by atoms with Crippen LogP contribution in [0.25, 0.3) is 0 Å². The molecule has 1 amide bonds. The molecule has 0 aliphatic rings. The SMILES string of the molecule is CC(C)(C(=O)c1ccc(NC(=O)O)cn1)c1ncc(F)cc1F. The molecular weight excluding hydrogens is 308 g/mol. The Morgan fingerprint density at radius 2 is 1.87 bits per heavy atom. The number of amides is 1. The number of carbonyl (C=O) groups excluding carboxylic acids is 1. The molecular formula is C15H13F2N3O3. The lowest BCUT2D eigenvalue weighted by molar-refractivity contribution is 0.0897. The van der Waals surface area contributed by atoms with Gasteiger partial charge in [0.15, 0.2) is 5.78 Å². The lowest BCUT2D eigenvalue weighted by Crippen LogP contribution is -2.32. The normalized spacial score (nSPS) is 11.1. The van der Waals surface area contributed by atoms with Crippen molar-refractivity contribution in [3.63, 3.8) is 0 Å². The van der Waals surface area contributed by atoms with Crippen molar-refractivity contribution in [2.24, 2.45) is 0 Å². The summed E-state index contributed by atoms with van der Waals surface area (Å²) in [5.41, 5.74) is -1.36. The summed E-state index contributed by atoms with van der Waals surface area (Å²) >= 11 is 0. The van der Waals surface area contributed by atoms with Crippen LogP contribution in [0.1, 0.15) is 30.0 Å². The first-order valence-corrected chi connectivity index (χ1v) is 6.54. The highest BCUT2D eigenvalue weighted by molar-refractivity contribution is 6.02. The van der Waals surface area contributed by atoms with Gasteiger partial charge in [-0.05, 0) is 26.0 Å². The summed E-state index contributed by atoms with van der Waals surface area (Å²) in [5, 5.41) is 10.7. The van der Waals surface area contributed by atoms with Crippen LogP contribution in [0.2, 0.25) is 0 Å². The Hall–Kier alpha value is -2.90. The number of hydrogen-bond donors (Lipinski definition) is 2. The Labute approximate surface area is 130 Å². The standard InChI is InChI=1S/C15H13F2N3O3/c1-15(2,12-10(17)5-8(16)6-19-12)13(21)11-4-3-9(7-18-11)20-14(22)23/h3-7,20H,1-2H3,(H,22,23). The first-order valence-electron chi connectivity index (χ1n) is 6.54. The summed E-state index contributed by atoms with van der Waals surface area (Å²) in [6, 6.07) is 3.33. The van der Waals surface area contributed by atoms with Crippen molar-refractivity contribution in [1.82, 2.24) is 9.97 Å². The molecule has 120 valence electrons. The van der Waals surface area contributed by atoms with Crippen LogP contribution < -0.4 is 5.32 Å². The minimum atomic E-state index is -1.37. The van der Waals surface area contributed by atoms with Crippen LogP contribution in [-0.2, 0) is 5.41 Å². The van der Waals surface area contributed by atoms with Gasteiger partial charge in [-0.2, -0.15) is 0 Å². The number of nitrogens with zero attached hydrogens (tertiary/aromatic N) is 2. The summed E-state index contributed by atoms with van der Waals surface area (Å²) in [6.07, 6.45) is 0.746. The van der Waals surface area contributed by atoms with Crippen LogP contribution in [-0.4, -0.2) is 27.0 Å². The maximum absolute atomic E-state index is 13.9. The Morgan fingerprint density at radius 1 is 1.17 bits per heavy atom. The number of ketones is 1. The van der Waals surface area contributed by atoms with E-state index in [0.29, 0.717) is 6.07 Å². The Bertz CT molecular complexity index is 761. The van der Waals surface area contributed by atoms with Crippen LogP contribution in [0, 0.1) is 11.6 Å². The van der Waals surface area contributed by atoms with Crippen molar-refractivity contribution in [2.45, 2.75) is 19.3 Å². The lowest BCUT2D eigenvalue weighted by Gasteiger charge is -2.22. The number of rotatable bonds is 4. The monoisotopic (exact) mass is 321 g/mol. The van der Waals surface area contributed by atoms with Crippen molar-refractivity contribution in [1.29, 1.82) is 0 Å². The summed E-state index contributed by atoms with van der Waals surface area (Å²) in [7, 11) is 0. The molecule has 0 aromatic carbocycles. The molecule has 2 aromatic rings. The smallest absolute Gasteiger partial charge is 0.409 e. The average Bonchev–Trinajstić information content (AvgIpc) is 2.46. The molecule has 0 aliphatic heterocycles. The average molecular weight is 321 g/mol. The van der Waals surface area contributed by atoms with Gasteiger partial charge in [0, 0.05) is 6.07 Å². The molecule has 0 saturated carbocycles. The fourth-order valence-corrected chi connectivity index (χ4v) is 2.03. The number of anilines is 1. The zero-order chi connectivity index (χ0) is 17.2. The molecule has 2 heterocycles. The molecule has 0 bridgehead atoms. The molecule has 6 nitrogen and oxygen atoms in total. The molecule has 0 saturated heterocycles. The second kappa shape index (κ2) is 6.07. The number of Topliss-reactive ketones (excluding diaryl/α,β-unsaturated/α-hetero) is 1. The van der Waals surface area contributed by atoms with E-state index in [1.165, 1.54) is 32.2 Å². The Balaban J connectivity index is 2.32. The lowest BCUT2D eigenvalue weighted by atomic mass is 9.82. The number of halogens is 2. The van der Waals surface area contributed by atoms with Gasteiger partial charge >= 0.3 is 6.09 Å². The molecule has 0 unspecified atom stereocenters. The Kier molecular flexibility index (Phi) is 4.35. The zero-order valence-electron chi connectivity index (χ0n) is 12.3. The summed E-state index contributed by atoms with van der Waals surface area (Å²) in [6.45, 7) is 2.90. The van der Waals surface area contributed by atoms with Gasteiger partial charge in [-0.1, -0.05) is 0 Å². The topological polar surface area (TPSA) is 92.2 Å². The van der Waals surface area contributed by atoms with Crippen LogP contribution >= 0.6 is 0 Å². The highest BCUT2D eigenvalue weighted by Gasteiger charge is 2.35. The van der Waals surface area contributed by atoms with Gasteiger partial charge in [-0.25, -0.2) is 13.6 Å². The van der Waals surface area contributed by atoms with E-state index in [4.69, 9.17) is 5.11 Å². The van der Waals surface area contributed by atoms with E-state index >= 15 is 0 Å². The van der Waals surface area contributed by atoms with Crippen molar-refractivity contribution in [3.8, 4) is 0 Å². The van der Waals surface area contributed by atoms with Gasteiger partial charge in [-0.15, -0.1) is 0 Å². The number of carboxylic acid groups (broad SMARTS) is 1. The maximum atomic E-state index is 13.9. The van der Waals surface area contributed by atoms with E-state index in [2.05, 4.69) is 15.3 Å². The van der Waals surface area contributed by atoms with E-state index < -0.39 is 28.9 Å². The Morgan fingerprint density at radius 3 is 2.39 bits per heavy atom. The van der Waals surface area contributed by atoms with Crippen LogP contribution in [0.15, 0.2) is 30.6 Å². The van der Waals surface area contributed by atoms with Crippen molar-refractivity contribution in [3.05, 3.63) is 53.6 Å². The summed E-state index contributed by atoms with van der Waals surface area (Å²) in [4.78, 5) is 30.6. The van der Waals surface area contributed by atoms with Gasteiger partial charge in [0.25, 0.3) is 0 Å². The van der Waals surface area contributed by atoms with Crippen LogP contribution in [0.5, 0.6) is 0 Å². The molecule has 2 aromatic heterocycles. The van der Waals surface area contributed by atoms with Gasteiger partial charge < -0.3 is 5.11 Å². The minimum Gasteiger partial charge on any atom is -0.465 e. The highest BCUT2D eigenvalue weighted by atomic mass is 19.1. The maximum Gasteiger partial charge on any atom is 0.409 e. The van der Waals surface area contributed by atoms with Crippen LogP contribution in [0.4, 0.5) is 19.3 Å². The van der Waals surface area contributed by atoms with Gasteiger partial charge in [0.2, 0.25) is 0 Å². The fourth-order valence-electron chi connectivity index (χ4n) is 2.03. The number of pyridine rings is 2. The molecule has 2 rings (SSSR count). The second-order valence-corrected chi connectivity index (χ2v) is 5.30. The largest absolute Gasteiger partial charge is 0.465 e. The van der Waals surface area contributed by atoms with Crippen molar-refractivity contribution >= 4 is 17.6 Å². The molecule has 8 heteroatoms. The van der Waals surface area contributed by atoms with E-state index in [1.807, 2.05) is 0 Å². The third-order valence-corrected chi connectivity index (χ3v) is 3.21. The minimum absolute atomic E-state index is 0.0106. The van der Waals surface area contributed by atoms with Gasteiger partial charge in [0.1, 0.15) is 17.3 Å². The second-order valence-electron chi connectivity index (χ2n) is 5.30. The third kappa shape index (κ3) is 3.47. The van der Waals surface area contributed by atoms with E-state index in [9.17, 15) is 18.4 Å². The number of carbonyl (C=O) groups is 2. The summed E-state index contributed by atoms with van der Waals surface area (Å²) in [5.74, 6) is -2.29. The molecule has 2 N–H and O–H groups in total. The number of aromatic nitrogens is 2. The van der Waals surface area contributed by atoms with Gasteiger partial charge in [0.05, 0.1) is 29.2 Å². The molecule has 0 fully saturated rings. The quantitative estimate of drug-likeness (QED) is 0.845. The molecule has 0 atom stereocenters. The molecule has 0 spiro atoms. The van der Waals surface area contributed by atoms with E-state index in [1.54, 1.807) is 0 Å². The first-order chi connectivity index (χ1) is 10.7. The fraction of sp³-hybridized carbons (Fsp3) is 0.200. The molecule has 0 aliphatic carbocycles. The molecule has 0 radical (unpaired) electrons. The van der Waals surface area contributed by atoms with Crippen molar-refractivity contribution < 1.29 is 23.5 Å². The predicted octanol–water partition coefficient (Wildman–Crippen LogP) is 3.01. The third-order valence-electron chi connectivity index (χ3n) is 3.21. The molecule has 23 heavy (non-hydrogen) atoms. The zero-order valence-corrected chi connectivity index (χ0v) is 12.3. The van der Waals surface area contributed by atoms with Gasteiger partial charge in [-0.3, -0.25) is 20.1 Å². The summed E-state index contributed by atoms with van der Waals surface area (Å²) < 4.78 is 26.8. The number of nitrogens with one attached hydrogen (secondary N) is 1. The first kappa shape index (κ1) is 16.5. The predicted molar refractivity (Wildman–Crippen MR) is 77.4 cm³/mol.